The Bertz CT molecular complexity index is 1090. The molecule has 1 amide bonds. The molecule has 2 aliphatic rings. The second kappa shape index (κ2) is 7.73. The molecule has 1 N–H and O–H groups in total. The monoisotopic (exact) mass is 442 g/mol. The van der Waals surface area contributed by atoms with Gasteiger partial charge in [-0.3, -0.25) is 4.79 Å². The summed E-state index contributed by atoms with van der Waals surface area (Å²) >= 11 is 2.91. The van der Waals surface area contributed by atoms with Gasteiger partial charge in [0.15, 0.2) is 23.8 Å². The maximum Gasteiger partial charge on any atom is 0.358 e. The van der Waals surface area contributed by atoms with Crippen molar-refractivity contribution in [3.05, 3.63) is 46.8 Å². The Morgan fingerprint density at radius 3 is 2.77 bits per heavy atom. The summed E-state index contributed by atoms with van der Waals surface area (Å²) in [5.74, 6) is -0.304. The highest BCUT2D eigenvalue weighted by Gasteiger charge is 2.44. The zero-order valence-electron chi connectivity index (χ0n) is 15.9. The molecule has 0 saturated heterocycles. The number of hydrogen-bond donors (Lipinski definition) is 1. The Morgan fingerprint density at radius 2 is 1.97 bits per heavy atom. The van der Waals surface area contributed by atoms with Crippen molar-refractivity contribution in [2.45, 2.75) is 31.5 Å². The molecule has 154 valence electrons. The molecule has 5 rings (SSSR count). The number of carbonyl (C=O) groups is 2. The second-order valence-electron chi connectivity index (χ2n) is 7.12. The first-order valence-electron chi connectivity index (χ1n) is 9.59. The van der Waals surface area contributed by atoms with Crippen LogP contribution in [0.3, 0.4) is 0 Å². The van der Waals surface area contributed by atoms with Gasteiger partial charge in [0.05, 0.1) is 4.88 Å². The topological polar surface area (TPSA) is 86.8 Å². The summed E-state index contributed by atoms with van der Waals surface area (Å²) in [6.07, 6.45) is 3.89. The number of esters is 1. The third-order valence-electron chi connectivity index (χ3n) is 4.96. The molecule has 7 nitrogen and oxygen atoms in total. The highest BCUT2D eigenvalue weighted by molar-refractivity contribution is 7.20. The number of nitrogens with one attached hydrogen (secondary N) is 1. The van der Waals surface area contributed by atoms with Gasteiger partial charge in [0.2, 0.25) is 0 Å². The maximum absolute atomic E-state index is 12.2. The quantitative estimate of drug-likeness (QED) is 0.576. The van der Waals surface area contributed by atoms with Gasteiger partial charge in [-0.05, 0) is 36.4 Å². The van der Waals surface area contributed by atoms with Gasteiger partial charge in [0.1, 0.15) is 5.01 Å². The number of rotatable bonds is 5. The van der Waals surface area contributed by atoms with Gasteiger partial charge in [-0.25, -0.2) is 9.78 Å². The fourth-order valence-corrected chi connectivity index (χ4v) is 5.18. The number of ether oxygens (including phenoxy) is 3. The lowest BCUT2D eigenvalue weighted by atomic mass is 10.2. The molecule has 30 heavy (non-hydrogen) atoms. The average Bonchev–Trinajstić information content (AvgIpc) is 3.52. The standard InChI is InChI=1S/C21H18N2O5S2/c24-18(11-26-20(25)14-12-30-19(23-14)17-4-3-9-29-17)22-13-5-6-15-16(10-13)28-21(27-15)7-1-2-8-21/h3-6,9-10,12H,1-2,7-8,11H2,(H,22,24). The van der Waals surface area contributed by atoms with Crippen LogP contribution in [-0.4, -0.2) is 29.3 Å². The van der Waals surface area contributed by atoms with Crippen molar-refractivity contribution in [2.75, 3.05) is 11.9 Å². The molecule has 2 aromatic heterocycles. The Morgan fingerprint density at radius 1 is 1.13 bits per heavy atom. The van der Waals surface area contributed by atoms with Crippen LogP contribution in [0.25, 0.3) is 9.88 Å². The molecule has 1 fully saturated rings. The van der Waals surface area contributed by atoms with Crippen LogP contribution in [0, 0.1) is 0 Å². The molecule has 1 saturated carbocycles. The number of anilines is 1. The van der Waals surface area contributed by atoms with Gasteiger partial charge >= 0.3 is 5.97 Å². The van der Waals surface area contributed by atoms with Gasteiger partial charge in [0.25, 0.3) is 11.7 Å². The first-order valence-corrected chi connectivity index (χ1v) is 11.3. The van der Waals surface area contributed by atoms with Gasteiger partial charge < -0.3 is 19.5 Å². The minimum atomic E-state index is -0.627. The zero-order chi connectivity index (χ0) is 20.6. The summed E-state index contributed by atoms with van der Waals surface area (Å²) < 4.78 is 17.1. The number of nitrogens with zero attached hydrogens (tertiary/aromatic N) is 1. The molecular weight excluding hydrogens is 424 g/mol. The first kappa shape index (κ1) is 19.1. The van der Waals surface area contributed by atoms with Gasteiger partial charge in [-0.15, -0.1) is 22.7 Å². The van der Waals surface area contributed by atoms with E-state index in [1.165, 1.54) is 11.3 Å². The summed E-state index contributed by atoms with van der Waals surface area (Å²) in [4.78, 5) is 29.7. The van der Waals surface area contributed by atoms with E-state index in [0.717, 1.165) is 35.6 Å². The number of thiazole rings is 1. The van der Waals surface area contributed by atoms with Crippen molar-refractivity contribution in [3.63, 3.8) is 0 Å². The SMILES string of the molecule is O=C(COC(=O)c1csc(-c2cccs2)n1)Nc1ccc2c(c1)OC1(CCCC1)O2. The van der Waals surface area contributed by atoms with E-state index in [1.807, 2.05) is 17.5 Å². The predicted molar refractivity (Wildman–Crippen MR) is 113 cm³/mol. The van der Waals surface area contributed by atoms with E-state index in [9.17, 15) is 9.59 Å². The molecule has 0 atom stereocenters. The summed E-state index contributed by atoms with van der Waals surface area (Å²) in [5, 5.41) is 7.05. The number of benzene rings is 1. The van der Waals surface area contributed by atoms with Crippen molar-refractivity contribution in [3.8, 4) is 21.4 Å². The van der Waals surface area contributed by atoms with E-state index in [1.54, 1.807) is 34.9 Å². The van der Waals surface area contributed by atoms with Crippen LogP contribution < -0.4 is 14.8 Å². The van der Waals surface area contributed by atoms with E-state index in [-0.39, 0.29) is 5.69 Å². The van der Waals surface area contributed by atoms with Crippen LogP contribution in [0.4, 0.5) is 5.69 Å². The summed E-state index contributed by atoms with van der Waals surface area (Å²) in [5.41, 5.74) is 0.753. The van der Waals surface area contributed by atoms with Gasteiger partial charge in [-0.2, -0.15) is 0 Å². The van der Waals surface area contributed by atoms with Crippen molar-refractivity contribution >= 4 is 40.2 Å². The molecule has 1 aromatic carbocycles. The summed E-state index contributed by atoms with van der Waals surface area (Å²) in [6.45, 7) is -0.400. The van der Waals surface area contributed by atoms with E-state index in [4.69, 9.17) is 14.2 Å². The molecule has 0 bridgehead atoms. The van der Waals surface area contributed by atoms with Crippen molar-refractivity contribution in [2.24, 2.45) is 0 Å². The van der Waals surface area contributed by atoms with Crippen LogP contribution in [-0.2, 0) is 9.53 Å². The van der Waals surface area contributed by atoms with E-state index in [2.05, 4.69) is 10.3 Å². The lowest BCUT2D eigenvalue weighted by molar-refractivity contribution is -0.119. The maximum atomic E-state index is 12.2. The van der Waals surface area contributed by atoms with Crippen LogP contribution in [0.1, 0.15) is 36.2 Å². The smallest absolute Gasteiger partial charge is 0.358 e. The third-order valence-corrected chi connectivity index (χ3v) is 6.85. The molecule has 1 spiro atoms. The Hall–Kier alpha value is -2.91. The lowest BCUT2D eigenvalue weighted by Gasteiger charge is -2.21. The molecular formula is C21H18N2O5S2. The number of hydrogen-bond acceptors (Lipinski definition) is 8. The van der Waals surface area contributed by atoms with Crippen LogP contribution in [0.15, 0.2) is 41.1 Å². The molecule has 9 heteroatoms. The molecule has 3 heterocycles. The second-order valence-corrected chi connectivity index (χ2v) is 8.93. The fourth-order valence-electron chi connectivity index (χ4n) is 3.57. The molecule has 0 unspecified atom stereocenters. The lowest BCUT2D eigenvalue weighted by Crippen LogP contribution is -2.34. The van der Waals surface area contributed by atoms with Crippen LogP contribution >= 0.6 is 22.7 Å². The van der Waals surface area contributed by atoms with Crippen molar-refractivity contribution < 1.29 is 23.8 Å². The molecule has 1 aliphatic heterocycles. The summed E-state index contributed by atoms with van der Waals surface area (Å²) in [7, 11) is 0. The van der Waals surface area contributed by atoms with E-state index in [0.29, 0.717) is 17.2 Å². The highest BCUT2D eigenvalue weighted by Crippen LogP contribution is 2.47. The van der Waals surface area contributed by atoms with Crippen LogP contribution in [0.5, 0.6) is 11.5 Å². The average molecular weight is 443 g/mol. The Kier molecular flexibility index (Phi) is 4.92. The van der Waals surface area contributed by atoms with E-state index < -0.39 is 24.3 Å². The van der Waals surface area contributed by atoms with Crippen LogP contribution in [0.2, 0.25) is 0 Å². The molecule has 3 aromatic rings. The fraction of sp³-hybridized carbons (Fsp3) is 0.286. The number of carbonyl (C=O) groups excluding carboxylic acids is 2. The normalized spacial score (nSPS) is 16.0. The minimum absolute atomic E-state index is 0.196. The van der Waals surface area contributed by atoms with Gasteiger partial charge in [-0.1, -0.05) is 6.07 Å². The predicted octanol–water partition coefficient (Wildman–Crippen LogP) is 4.71. The highest BCUT2D eigenvalue weighted by atomic mass is 32.1. The van der Waals surface area contributed by atoms with Gasteiger partial charge in [0, 0.05) is 30.0 Å². The minimum Gasteiger partial charge on any atom is -0.451 e. The number of aromatic nitrogens is 1. The van der Waals surface area contributed by atoms with Crippen molar-refractivity contribution in [1.82, 2.24) is 4.98 Å². The van der Waals surface area contributed by atoms with E-state index >= 15 is 0 Å². The number of amides is 1. The first-order chi connectivity index (χ1) is 14.6. The Balaban J connectivity index is 1.16. The number of thiophene rings is 1. The third kappa shape index (κ3) is 3.78. The molecule has 0 radical (unpaired) electrons. The molecule has 1 aliphatic carbocycles. The summed E-state index contributed by atoms with van der Waals surface area (Å²) in [6, 6.07) is 9.12. The van der Waals surface area contributed by atoms with Crippen molar-refractivity contribution in [1.29, 1.82) is 0 Å². The largest absolute Gasteiger partial charge is 0.451 e. The Labute approximate surface area is 180 Å². The number of fused-ring (bicyclic) bond motifs is 1. The zero-order valence-corrected chi connectivity index (χ0v) is 17.5.